The van der Waals surface area contributed by atoms with E-state index in [2.05, 4.69) is 29.9 Å². The second-order valence-corrected chi connectivity index (χ2v) is 3.58. The number of hydrogen-bond acceptors (Lipinski definition) is 2. The molecule has 0 aliphatic carbocycles. The molecule has 12 heavy (non-hydrogen) atoms. The van der Waals surface area contributed by atoms with E-state index in [9.17, 15) is 0 Å². The van der Waals surface area contributed by atoms with Crippen LogP contribution in [0.1, 0.15) is 18.2 Å². The fraction of sp³-hybridized carbons (Fsp3) is 0.500. The van der Waals surface area contributed by atoms with Gasteiger partial charge in [0.25, 0.3) is 0 Å². The highest BCUT2D eigenvalue weighted by molar-refractivity contribution is 5.22. The number of aromatic nitrogens is 1. The zero-order chi connectivity index (χ0) is 8.55. The molecular weight excluding hydrogens is 148 g/mol. The molecule has 0 spiro atoms. The first-order chi connectivity index (χ1) is 5.77. The predicted molar refractivity (Wildman–Crippen MR) is 48.9 cm³/mol. The van der Waals surface area contributed by atoms with Gasteiger partial charge in [-0.05, 0) is 25.6 Å². The van der Waals surface area contributed by atoms with Gasteiger partial charge in [0, 0.05) is 30.9 Å². The van der Waals surface area contributed by atoms with Gasteiger partial charge in [0.05, 0.1) is 0 Å². The molecule has 1 aromatic rings. The standard InChI is InChI=1S/C10H14N2/c1-8-6-10-9(7-12(8)2)4-3-5-11-10/h3-5,8H,6-7H2,1-2H3. The highest BCUT2D eigenvalue weighted by atomic mass is 15.1. The monoisotopic (exact) mass is 162 g/mol. The maximum Gasteiger partial charge on any atom is 0.0464 e. The van der Waals surface area contributed by atoms with Gasteiger partial charge in [-0.1, -0.05) is 6.07 Å². The van der Waals surface area contributed by atoms with Crippen LogP contribution in [0.5, 0.6) is 0 Å². The molecule has 0 N–H and O–H groups in total. The molecule has 1 aromatic heterocycles. The molecule has 64 valence electrons. The molecule has 0 amide bonds. The molecule has 0 fully saturated rings. The van der Waals surface area contributed by atoms with Crippen LogP contribution in [-0.4, -0.2) is 23.0 Å². The van der Waals surface area contributed by atoms with Crippen LogP contribution in [0.4, 0.5) is 0 Å². The van der Waals surface area contributed by atoms with Crippen LogP contribution in [0.15, 0.2) is 18.3 Å². The molecule has 1 atom stereocenters. The summed E-state index contributed by atoms with van der Waals surface area (Å²) in [4.78, 5) is 6.74. The molecule has 2 heteroatoms. The molecule has 1 unspecified atom stereocenters. The Morgan fingerprint density at radius 2 is 2.42 bits per heavy atom. The van der Waals surface area contributed by atoms with E-state index in [-0.39, 0.29) is 0 Å². The van der Waals surface area contributed by atoms with Gasteiger partial charge in [-0.15, -0.1) is 0 Å². The van der Waals surface area contributed by atoms with E-state index in [4.69, 9.17) is 0 Å². The summed E-state index contributed by atoms with van der Waals surface area (Å²) in [6.07, 6.45) is 2.98. The van der Waals surface area contributed by atoms with E-state index >= 15 is 0 Å². The highest BCUT2D eigenvalue weighted by Gasteiger charge is 2.19. The van der Waals surface area contributed by atoms with E-state index < -0.39 is 0 Å². The SMILES string of the molecule is CC1Cc2ncccc2CN1C. The average molecular weight is 162 g/mol. The maximum absolute atomic E-state index is 4.38. The normalized spacial score (nSPS) is 23.7. The number of hydrogen-bond donors (Lipinski definition) is 0. The van der Waals surface area contributed by atoms with E-state index in [1.54, 1.807) is 0 Å². The van der Waals surface area contributed by atoms with Crippen molar-refractivity contribution in [1.29, 1.82) is 0 Å². The summed E-state index contributed by atoms with van der Waals surface area (Å²) >= 11 is 0. The summed E-state index contributed by atoms with van der Waals surface area (Å²) in [6, 6.07) is 4.82. The number of nitrogens with zero attached hydrogens (tertiary/aromatic N) is 2. The summed E-state index contributed by atoms with van der Waals surface area (Å²) in [7, 11) is 2.17. The van der Waals surface area contributed by atoms with Gasteiger partial charge < -0.3 is 0 Å². The van der Waals surface area contributed by atoms with Crippen molar-refractivity contribution in [2.75, 3.05) is 7.05 Å². The Hall–Kier alpha value is -0.890. The Balaban J connectivity index is 2.34. The lowest BCUT2D eigenvalue weighted by atomic mass is 10.0. The van der Waals surface area contributed by atoms with Crippen molar-refractivity contribution < 1.29 is 0 Å². The third-order valence-corrected chi connectivity index (χ3v) is 2.65. The highest BCUT2D eigenvalue weighted by Crippen LogP contribution is 2.18. The first-order valence-corrected chi connectivity index (χ1v) is 4.40. The lowest BCUT2D eigenvalue weighted by molar-refractivity contribution is 0.228. The molecule has 0 saturated heterocycles. The van der Waals surface area contributed by atoms with Crippen molar-refractivity contribution in [3.63, 3.8) is 0 Å². The summed E-state index contributed by atoms with van der Waals surface area (Å²) in [5.41, 5.74) is 2.67. The quantitative estimate of drug-likeness (QED) is 0.574. The Labute approximate surface area is 73.2 Å². The van der Waals surface area contributed by atoms with Crippen LogP contribution in [0.2, 0.25) is 0 Å². The van der Waals surface area contributed by atoms with Gasteiger partial charge in [0.1, 0.15) is 0 Å². The number of pyridine rings is 1. The van der Waals surface area contributed by atoms with Crippen LogP contribution in [0.25, 0.3) is 0 Å². The van der Waals surface area contributed by atoms with Crippen LogP contribution in [0.3, 0.4) is 0 Å². The smallest absolute Gasteiger partial charge is 0.0464 e. The van der Waals surface area contributed by atoms with Crippen molar-refractivity contribution in [2.24, 2.45) is 0 Å². The molecule has 0 radical (unpaired) electrons. The lowest BCUT2D eigenvalue weighted by Gasteiger charge is -2.30. The molecule has 2 rings (SSSR count). The summed E-state index contributed by atoms with van der Waals surface area (Å²) in [6.45, 7) is 3.29. The molecule has 0 aromatic carbocycles. The maximum atomic E-state index is 4.38. The Kier molecular flexibility index (Phi) is 1.85. The number of likely N-dealkylation sites (N-methyl/N-ethyl adjacent to an activating group) is 1. The zero-order valence-corrected chi connectivity index (χ0v) is 7.62. The van der Waals surface area contributed by atoms with Crippen molar-refractivity contribution in [3.8, 4) is 0 Å². The zero-order valence-electron chi connectivity index (χ0n) is 7.62. The van der Waals surface area contributed by atoms with E-state index in [0.717, 1.165) is 13.0 Å². The van der Waals surface area contributed by atoms with Gasteiger partial charge in [-0.25, -0.2) is 0 Å². The van der Waals surface area contributed by atoms with Crippen molar-refractivity contribution in [2.45, 2.75) is 25.9 Å². The number of rotatable bonds is 0. The largest absolute Gasteiger partial charge is 0.299 e. The molecule has 2 nitrogen and oxygen atoms in total. The minimum atomic E-state index is 0.632. The Morgan fingerprint density at radius 1 is 1.58 bits per heavy atom. The number of fused-ring (bicyclic) bond motifs is 1. The van der Waals surface area contributed by atoms with Crippen LogP contribution >= 0.6 is 0 Å². The topological polar surface area (TPSA) is 16.1 Å². The van der Waals surface area contributed by atoms with Crippen LogP contribution in [0, 0.1) is 0 Å². The second kappa shape index (κ2) is 2.87. The first-order valence-electron chi connectivity index (χ1n) is 4.40. The Morgan fingerprint density at radius 3 is 3.25 bits per heavy atom. The minimum Gasteiger partial charge on any atom is -0.299 e. The fourth-order valence-electron chi connectivity index (χ4n) is 1.66. The minimum absolute atomic E-state index is 0.632. The van der Waals surface area contributed by atoms with E-state index in [0.29, 0.717) is 6.04 Å². The average Bonchev–Trinajstić information content (AvgIpc) is 2.07. The molecular formula is C10H14N2. The van der Waals surface area contributed by atoms with Crippen molar-refractivity contribution in [3.05, 3.63) is 29.6 Å². The second-order valence-electron chi connectivity index (χ2n) is 3.58. The van der Waals surface area contributed by atoms with E-state index in [1.165, 1.54) is 11.3 Å². The van der Waals surface area contributed by atoms with Crippen molar-refractivity contribution >= 4 is 0 Å². The first kappa shape index (κ1) is 7.74. The van der Waals surface area contributed by atoms with Gasteiger partial charge in [0.15, 0.2) is 0 Å². The Bertz CT molecular complexity index is 254. The fourth-order valence-corrected chi connectivity index (χ4v) is 1.66. The van der Waals surface area contributed by atoms with Crippen LogP contribution in [-0.2, 0) is 13.0 Å². The molecule has 1 aliphatic heterocycles. The summed E-state index contributed by atoms with van der Waals surface area (Å²) < 4.78 is 0. The lowest BCUT2D eigenvalue weighted by Crippen LogP contribution is -2.35. The van der Waals surface area contributed by atoms with Gasteiger partial charge in [0.2, 0.25) is 0 Å². The predicted octanol–water partition coefficient (Wildman–Crippen LogP) is 1.46. The van der Waals surface area contributed by atoms with Gasteiger partial charge >= 0.3 is 0 Å². The molecule has 2 heterocycles. The van der Waals surface area contributed by atoms with Gasteiger partial charge in [-0.2, -0.15) is 0 Å². The third kappa shape index (κ3) is 1.23. The summed E-state index contributed by atoms with van der Waals surface area (Å²) in [5, 5.41) is 0. The molecule has 0 bridgehead atoms. The summed E-state index contributed by atoms with van der Waals surface area (Å²) in [5.74, 6) is 0. The van der Waals surface area contributed by atoms with E-state index in [1.807, 2.05) is 12.3 Å². The van der Waals surface area contributed by atoms with Gasteiger partial charge in [-0.3, -0.25) is 9.88 Å². The molecule has 1 aliphatic rings. The third-order valence-electron chi connectivity index (χ3n) is 2.65. The van der Waals surface area contributed by atoms with Crippen molar-refractivity contribution in [1.82, 2.24) is 9.88 Å². The van der Waals surface area contributed by atoms with Crippen LogP contribution < -0.4 is 0 Å². The molecule has 0 saturated carbocycles.